The van der Waals surface area contributed by atoms with Gasteiger partial charge in [0.2, 0.25) is 10.0 Å². The van der Waals surface area contributed by atoms with Crippen LogP contribution in [0.2, 0.25) is 0 Å². The molecule has 0 bridgehead atoms. The topological polar surface area (TPSA) is 123 Å². The molecule has 4 aromatic heterocycles. The van der Waals surface area contributed by atoms with Gasteiger partial charge in [-0.1, -0.05) is 6.42 Å². The van der Waals surface area contributed by atoms with Crippen molar-refractivity contribution in [3.8, 4) is 17.3 Å². The Hall–Kier alpha value is -3.78. The number of carbonyl (C=O) groups excluding carboxylic acids is 1. The first-order chi connectivity index (χ1) is 20.5. The molecule has 0 radical (unpaired) electrons. The summed E-state index contributed by atoms with van der Waals surface area (Å²) in [5.41, 5.74) is 3.44. The SMILES string of the molecule is COc1cc(C(=O)NC[C@@H]2CCCCN2)cc2nc(-c3cc4ccc(N(C(F)F)S(C)(=O)=O)nc4n3CC3CC3)c(C)n12. The van der Waals surface area contributed by atoms with E-state index in [-0.39, 0.29) is 22.1 Å². The number of amides is 1. The molecule has 1 atom stereocenters. The third kappa shape index (κ3) is 5.77. The first-order valence-corrected chi connectivity index (χ1v) is 16.3. The van der Waals surface area contributed by atoms with Crippen LogP contribution in [0.1, 0.15) is 48.2 Å². The second-order valence-corrected chi connectivity index (χ2v) is 13.2. The van der Waals surface area contributed by atoms with E-state index >= 15 is 0 Å². The lowest BCUT2D eigenvalue weighted by molar-refractivity contribution is 0.0947. The highest BCUT2D eigenvalue weighted by Crippen LogP contribution is 2.38. The Kier molecular flexibility index (Phi) is 7.75. The van der Waals surface area contributed by atoms with Gasteiger partial charge in [0.05, 0.1) is 24.8 Å². The Morgan fingerprint density at radius 3 is 2.63 bits per heavy atom. The number of piperidine rings is 1. The highest BCUT2D eigenvalue weighted by Gasteiger charge is 2.30. The molecule has 1 saturated heterocycles. The van der Waals surface area contributed by atoms with Crippen LogP contribution in [0.4, 0.5) is 14.6 Å². The maximum Gasteiger partial charge on any atom is 0.329 e. The molecule has 0 unspecified atom stereocenters. The molecule has 6 rings (SSSR count). The van der Waals surface area contributed by atoms with Crippen molar-refractivity contribution in [1.82, 2.24) is 29.6 Å². The van der Waals surface area contributed by atoms with Crippen molar-refractivity contribution < 1.29 is 26.7 Å². The van der Waals surface area contributed by atoms with Gasteiger partial charge >= 0.3 is 6.55 Å². The molecule has 4 aromatic rings. The molecule has 0 aromatic carbocycles. The molecule has 2 aliphatic rings. The fourth-order valence-corrected chi connectivity index (χ4v) is 6.54. The summed E-state index contributed by atoms with van der Waals surface area (Å²) < 4.78 is 61.3. The summed E-state index contributed by atoms with van der Waals surface area (Å²) in [5, 5.41) is 7.12. The fourth-order valence-electron chi connectivity index (χ4n) is 5.81. The maximum absolute atomic E-state index is 13.8. The lowest BCUT2D eigenvalue weighted by atomic mass is 10.1. The number of pyridine rings is 2. The molecule has 5 heterocycles. The van der Waals surface area contributed by atoms with Crippen molar-refractivity contribution in [3.63, 3.8) is 0 Å². The number of hydrogen-bond acceptors (Lipinski definition) is 7. The van der Waals surface area contributed by atoms with E-state index in [1.165, 1.54) is 13.2 Å². The standard InChI is InChI=1S/C29H35F2N7O4S/c1-17-26(34-24-13-20(14-25(42-2)37(17)24)28(39)33-15-21-6-4-5-11-32-21)22-12-19-9-10-23(38(29(30)31)43(3,40)41)35-27(19)36(22)16-18-7-8-18/h9-10,12-14,18,21,29,32H,4-8,11,15-16H2,1-3H3,(H,33,39)/t21-/m0/s1. The largest absolute Gasteiger partial charge is 0.482 e. The predicted molar refractivity (Wildman–Crippen MR) is 159 cm³/mol. The molecule has 2 fully saturated rings. The van der Waals surface area contributed by atoms with Crippen molar-refractivity contribution in [2.45, 2.75) is 58.2 Å². The first kappa shape index (κ1) is 29.3. The van der Waals surface area contributed by atoms with E-state index in [1.807, 2.05) is 22.0 Å². The molecule has 2 N–H and O–H groups in total. The van der Waals surface area contributed by atoms with Crippen LogP contribution in [0.5, 0.6) is 5.88 Å². The summed E-state index contributed by atoms with van der Waals surface area (Å²) in [7, 11) is -2.73. The van der Waals surface area contributed by atoms with Crippen LogP contribution in [0, 0.1) is 12.8 Å². The molecule has 43 heavy (non-hydrogen) atoms. The number of alkyl halides is 2. The lowest BCUT2D eigenvalue weighted by Gasteiger charge is -2.23. The number of carbonyl (C=O) groups is 1. The van der Waals surface area contributed by atoms with Gasteiger partial charge in [-0.05, 0) is 69.3 Å². The number of halogens is 2. The minimum Gasteiger partial charge on any atom is -0.482 e. The monoisotopic (exact) mass is 615 g/mol. The third-order valence-corrected chi connectivity index (χ3v) is 9.24. The molecular formula is C29H35F2N7O4S. The van der Waals surface area contributed by atoms with Gasteiger partial charge in [-0.15, -0.1) is 0 Å². The van der Waals surface area contributed by atoms with Crippen LogP contribution in [-0.4, -0.2) is 72.3 Å². The number of ether oxygens (including phenoxy) is 1. The molecule has 1 aliphatic carbocycles. The lowest BCUT2D eigenvalue weighted by Crippen LogP contribution is -2.43. The number of fused-ring (bicyclic) bond motifs is 2. The number of anilines is 1. The number of rotatable bonds is 10. The molecule has 1 saturated carbocycles. The summed E-state index contributed by atoms with van der Waals surface area (Å²) in [5.74, 6) is 0.269. The fraction of sp³-hybridized carbons (Fsp3) is 0.483. The maximum atomic E-state index is 13.8. The Morgan fingerprint density at radius 1 is 1.19 bits per heavy atom. The first-order valence-electron chi connectivity index (χ1n) is 14.4. The quantitative estimate of drug-likeness (QED) is 0.259. The number of aromatic nitrogens is 4. The zero-order chi connectivity index (χ0) is 30.5. The highest BCUT2D eigenvalue weighted by atomic mass is 32.2. The molecule has 14 heteroatoms. The normalized spacial score (nSPS) is 17.6. The third-order valence-electron chi connectivity index (χ3n) is 8.18. The Morgan fingerprint density at radius 2 is 1.98 bits per heavy atom. The average molecular weight is 616 g/mol. The molecular weight excluding hydrogens is 580 g/mol. The van der Waals surface area contributed by atoms with Crippen molar-refractivity contribution in [2.75, 3.05) is 30.8 Å². The number of nitrogens with one attached hydrogen (secondary N) is 2. The average Bonchev–Trinajstić information content (AvgIpc) is 3.64. The summed E-state index contributed by atoms with van der Waals surface area (Å²) >= 11 is 0. The summed E-state index contributed by atoms with van der Waals surface area (Å²) in [6.07, 6.45) is 6.08. The molecule has 1 aliphatic heterocycles. The Labute approximate surface area is 248 Å². The zero-order valence-electron chi connectivity index (χ0n) is 24.3. The van der Waals surface area contributed by atoms with Crippen LogP contribution >= 0.6 is 0 Å². The molecule has 0 spiro atoms. The van der Waals surface area contributed by atoms with E-state index in [2.05, 4.69) is 15.6 Å². The van der Waals surface area contributed by atoms with Crippen molar-refractivity contribution in [1.29, 1.82) is 0 Å². The Bertz CT molecular complexity index is 1790. The van der Waals surface area contributed by atoms with Gasteiger partial charge in [-0.25, -0.2) is 18.4 Å². The van der Waals surface area contributed by atoms with Crippen molar-refractivity contribution in [3.05, 3.63) is 41.6 Å². The number of hydrogen-bond donors (Lipinski definition) is 2. The molecule has 11 nitrogen and oxygen atoms in total. The van der Waals surface area contributed by atoms with E-state index in [0.717, 1.165) is 50.6 Å². The van der Waals surface area contributed by atoms with Gasteiger partial charge < -0.3 is 19.9 Å². The van der Waals surface area contributed by atoms with Gasteiger partial charge in [0, 0.05) is 36.1 Å². The number of sulfonamides is 1. The smallest absolute Gasteiger partial charge is 0.329 e. The van der Waals surface area contributed by atoms with E-state index < -0.39 is 16.6 Å². The van der Waals surface area contributed by atoms with E-state index in [9.17, 15) is 22.0 Å². The van der Waals surface area contributed by atoms with E-state index in [1.54, 1.807) is 18.2 Å². The summed E-state index contributed by atoms with van der Waals surface area (Å²) in [4.78, 5) is 22.4. The van der Waals surface area contributed by atoms with Crippen LogP contribution < -0.4 is 19.7 Å². The van der Waals surface area contributed by atoms with Crippen LogP contribution in [0.25, 0.3) is 28.1 Å². The predicted octanol–water partition coefficient (Wildman–Crippen LogP) is 3.94. The van der Waals surface area contributed by atoms with Crippen LogP contribution in [-0.2, 0) is 16.6 Å². The Balaban J connectivity index is 1.42. The minimum atomic E-state index is -4.26. The number of methoxy groups -OCH3 is 1. The summed E-state index contributed by atoms with van der Waals surface area (Å²) in [6, 6.07) is 8.42. The molecule has 230 valence electrons. The second-order valence-electron chi connectivity index (χ2n) is 11.4. The van der Waals surface area contributed by atoms with Crippen LogP contribution in [0.15, 0.2) is 30.3 Å². The van der Waals surface area contributed by atoms with Crippen molar-refractivity contribution in [2.24, 2.45) is 5.92 Å². The molecule has 1 amide bonds. The van der Waals surface area contributed by atoms with Gasteiger partial charge in [0.1, 0.15) is 22.8 Å². The van der Waals surface area contributed by atoms with Crippen LogP contribution in [0.3, 0.4) is 0 Å². The van der Waals surface area contributed by atoms with Gasteiger partial charge in [-0.3, -0.25) is 9.20 Å². The van der Waals surface area contributed by atoms with E-state index in [0.29, 0.717) is 58.5 Å². The highest BCUT2D eigenvalue weighted by molar-refractivity contribution is 7.92. The second kappa shape index (κ2) is 11.4. The zero-order valence-corrected chi connectivity index (χ0v) is 25.1. The van der Waals surface area contributed by atoms with E-state index in [4.69, 9.17) is 9.72 Å². The van der Waals surface area contributed by atoms with Gasteiger partial charge in [0.15, 0.2) is 5.88 Å². The van der Waals surface area contributed by atoms with Gasteiger partial charge in [0.25, 0.3) is 5.91 Å². The minimum absolute atomic E-state index is 0.0263. The summed E-state index contributed by atoms with van der Waals surface area (Å²) in [6.45, 7) is 0.684. The van der Waals surface area contributed by atoms with Gasteiger partial charge in [-0.2, -0.15) is 13.1 Å². The number of aryl methyl sites for hydroxylation is 1. The number of imidazole rings is 1. The van der Waals surface area contributed by atoms with Crippen molar-refractivity contribution >= 4 is 38.4 Å². The number of nitrogens with zero attached hydrogens (tertiary/aromatic N) is 5.